The van der Waals surface area contributed by atoms with Crippen LogP contribution in [0.3, 0.4) is 0 Å². The van der Waals surface area contributed by atoms with Crippen LogP contribution in [0.25, 0.3) is 10.8 Å². The highest BCUT2D eigenvalue weighted by atomic mass is 32.2. The summed E-state index contributed by atoms with van der Waals surface area (Å²) < 4.78 is 14.0. The second-order valence-corrected chi connectivity index (χ2v) is 4.84. The predicted octanol–water partition coefficient (Wildman–Crippen LogP) is 1.55. The molecule has 0 saturated heterocycles. The molecule has 0 saturated carbocycles. The van der Waals surface area contributed by atoms with Crippen molar-refractivity contribution in [3.05, 3.63) is 5.69 Å². The smallest absolute Gasteiger partial charge is 0.316 e. The van der Waals surface area contributed by atoms with Crippen molar-refractivity contribution in [2.45, 2.75) is 19.1 Å². The van der Waals surface area contributed by atoms with E-state index in [1.807, 2.05) is 6.92 Å². The van der Waals surface area contributed by atoms with E-state index in [0.29, 0.717) is 17.7 Å². The number of carbonyl (C=O) groups is 1. The minimum Gasteiger partial charge on any atom is -0.465 e. The normalized spacial score (nSPS) is 10.6. The highest BCUT2D eigenvalue weighted by Crippen LogP contribution is 2.27. The van der Waals surface area contributed by atoms with Gasteiger partial charge in [-0.2, -0.15) is 0 Å². The fraction of sp³-hybridized carbons (Fsp3) is 0.444. The van der Waals surface area contributed by atoms with Crippen LogP contribution in [-0.2, 0) is 9.53 Å². The zero-order valence-electron chi connectivity index (χ0n) is 9.74. The fourth-order valence-electron chi connectivity index (χ4n) is 1.11. The molecule has 0 spiro atoms. The standard InChI is InChI=1S/C9H10N4O3S2/c1-3-15-6(14)4-17-9-12-11-8(16-9)7-5(2)10-13-18-7/h3-4H2,1-2H3. The number of hydrogen-bond acceptors (Lipinski definition) is 9. The number of nitrogens with zero attached hydrogens (tertiary/aromatic N) is 4. The van der Waals surface area contributed by atoms with Gasteiger partial charge in [0.1, 0.15) is 10.6 Å². The van der Waals surface area contributed by atoms with Gasteiger partial charge < -0.3 is 9.15 Å². The zero-order valence-corrected chi connectivity index (χ0v) is 11.4. The van der Waals surface area contributed by atoms with E-state index in [9.17, 15) is 4.79 Å². The third-order valence-corrected chi connectivity index (χ3v) is 3.48. The quantitative estimate of drug-likeness (QED) is 0.604. The molecule has 7 nitrogen and oxygen atoms in total. The molecule has 0 unspecified atom stereocenters. The monoisotopic (exact) mass is 286 g/mol. The van der Waals surface area contributed by atoms with Gasteiger partial charge in [0.05, 0.1) is 12.3 Å². The van der Waals surface area contributed by atoms with Crippen LogP contribution in [0.4, 0.5) is 0 Å². The zero-order chi connectivity index (χ0) is 13.0. The first-order valence-electron chi connectivity index (χ1n) is 5.12. The third-order valence-electron chi connectivity index (χ3n) is 1.87. The van der Waals surface area contributed by atoms with E-state index in [1.165, 1.54) is 11.5 Å². The van der Waals surface area contributed by atoms with Gasteiger partial charge in [-0.3, -0.25) is 4.79 Å². The van der Waals surface area contributed by atoms with Gasteiger partial charge >= 0.3 is 5.97 Å². The van der Waals surface area contributed by atoms with E-state index in [0.717, 1.165) is 22.3 Å². The lowest BCUT2D eigenvalue weighted by molar-refractivity contribution is -0.139. The molecule has 18 heavy (non-hydrogen) atoms. The summed E-state index contributed by atoms with van der Waals surface area (Å²) in [5.74, 6) is 0.210. The van der Waals surface area contributed by atoms with Crippen LogP contribution in [0.2, 0.25) is 0 Å². The van der Waals surface area contributed by atoms with Gasteiger partial charge in [0.2, 0.25) is 0 Å². The Morgan fingerprint density at radius 1 is 1.44 bits per heavy atom. The number of rotatable bonds is 5. The molecule has 0 aromatic carbocycles. The summed E-state index contributed by atoms with van der Waals surface area (Å²) in [4.78, 5) is 11.9. The molecule has 0 bridgehead atoms. The molecule has 0 atom stereocenters. The van der Waals surface area contributed by atoms with Crippen molar-refractivity contribution in [2.75, 3.05) is 12.4 Å². The highest BCUT2D eigenvalue weighted by molar-refractivity contribution is 7.99. The number of aromatic nitrogens is 4. The van der Waals surface area contributed by atoms with Gasteiger partial charge in [0.25, 0.3) is 11.1 Å². The van der Waals surface area contributed by atoms with Gasteiger partial charge in [-0.05, 0) is 25.4 Å². The largest absolute Gasteiger partial charge is 0.465 e. The van der Waals surface area contributed by atoms with Crippen LogP contribution in [0.5, 0.6) is 0 Å². The lowest BCUT2D eigenvalue weighted by Crippen LogP contribution is -2.06. The molecule has 0 radical (unpaired) electrons. The molecule has 2 aromatic heterocycles. The Morgan fingerprint density at radius 2 is 2.28 bits per heavy atom. The molecular weight excluding hydrogens is 276 g/mol. The summed E-state index contributed by atoms with van der Waals surface area (Å²) in [5, 5.41) is 11.9. The minimum atomic E-state index is -0.308. The maximum Gasteiger partial charge on any atom is 0.316 e. The Kier molecular flexibility index (Phi) is 4.26. The molecule has 0 N–H and O–H groups in total. The maximum absolute atomic E-state index is 11.2. The van der Waals surface area contributed by atoms with Crippen molar-refractivity contribution < 1.29 is 13.9 Å². The van der Waals surface area contributed by atoms with Crippen molar-refractivity contribution in [2.24, 2.45) is 0 Å². The summed E-state index contributed by atoms with van der Waals surface area (Å²) in [6.45, 7) is 3.93. The van der Waals surface area contributed by atoms with E-state index in [-0.39, 0.29) is 11.7 Å². The number of hydrogen-bond donors (Lipinski definition) is 0. The average molecular weight is 286 g/mol. The van der Waals surface area contributed by atoms with Crippen molar-refractivity contribution in [1.82, 2.24) is 19.8 Å². The molecule has 2 heterocycles. The first kappa shape index (κ1) is 13.0. The van der Waals surface area contributed by atoms with Crippen LogP contribution in [0, 0.1) is 6.92 Å². The molecule has 2 rings (SSSR count). The molecule has 0 amide bonds. The van der Waals surface area contributed by atoms with E-state index < -0.39 is 0 Å². The number of thioether (sulfide) groups is 1. The molecule has 2 aromatic rings. The summed E-state index contributed by atoms with van der Waals surface area (Å²) in [5.41, 5.74) is 0.741. The van der Waals surface area contributed by atoms with Crippen molar-refractivity contribution in [3.63, 3.8) is 0 Å². The van der Waals surface area contributed by atoms with Gasteiger partial charge in [-0.1, -0.05) is 16.3 Å². The fourth-order valence-corrected chi connectivity index (χ4v) is 2.25. The Balaban J connectivity index is 1.99. The Morgan fingerprint density at radius 3 is 2.94 bits per heavy atom. The van der Waals surface area contributed by atoms with Gasteiger partial charge in [0.15, 0.2) is 0 Å². The number of carbonyl (C=O) groups excluding carboxylic acids is 1. The molecule has 0 fully saturated rings. The van der Waals surface area contributed by atoms with Crippen molar-refractivity contribution in [3.8, 4) is 10.8 Å². The maximum atomic E-state index is 11.2. The molecule has 9 heteroatoms. The summed E-state index contributed by atoms with van der Waals surface area (Å²) in [6.07, 6.45) is 0. The van der Waals surface area contributed by atoms with E-state index in [1.54, 1.807) is 6.92 Å². The molecule has 96 valence electrons. The molecular formula is C9H10N4O3S2. The summed E-state index contributed by atoms with van der Waals surface area (Å²) in [7, 11) is 0. The minimum absolute atomic E-state index is 0.148. The number of esters is 1. The lowest BCUT2D eigenvalue weighted by Gasteiger charge is -1.97. The Bertz CT molecular complexity index is 539. The van der Waals surface area contributed by atoms with Crippen LogP contribution in [-0.4, -0.2) is 38.1 Å². The number of ether oxygens (including phenoxy) is 1. The predicted molar refractivity (Wildman–Crippen MR) is 65.3 cm³/mol. The Labute approximate surface area is 111 Å². The van der Waals surface area contributed by atoms with Crippen LogP contribution >= 0.6 is 23.3 Å². The molecule has 0 aliphatic carbocycles. The van der Waals surface area contributed by atoms with Crippen molar-refractivity contribution in [1.29, 1.82) is 0 Å². The Hall–Kier alpha value is -1.48. The first-order valence-corrected chi connectivity index (χ1v) is 6.88. The molecule has 0 aliphatic rings. The third kappa shape index (κ3) is 3.05. The second kappa shape index (κ2) is 5.91. The topological polar surface area (TPSA) is 91.0 Å². The van der Waals surface area contributed by atoms with E-state index in [2.05, 4.69) is 19.8 Å². The van der Waals surface area contributed by atoms with Crippen molar-refractivity contribution >= 4 is 29.3 Å². The van der Waals surface area contributed by atoms with Crippen LogP contribution < -0.4 is 0 Å². The number of aryl methyl sites for hydroxylation is 1. The summed E-state index contributed by atoms with van der Waals surface area (Å²) in [6, 6.07) is 0. The van der Waals surface area contributed by atoms with Gasteiger partial charge in [0, 0.05) is 0 Å². The molecule has 0 aliphatic heterocycles. The SMILES string of the molecule is CCOC(=O)CSc1nnc(-c2snnc2C)o1. The summed E-state index contributed by atoms with van der Waals surface area (Å²) >= 11 is 2.33. The van der Waals surface area contributed by atoms with Gasteiger partial charge in [-0.15, -0.1) is 15.3 Å². The van der Waals surface area contributed by atoms with Crippen LogP contribution in [0.15, 0.2) is 9.64 Å². The van der Waals surface area contributed by atoms with Crippen LogP contribution in [0.1, 0.15) is 12.6 Å². The van der Waals surface area contributed by atoms with E-state index >= 15 is 0 Å². The second-order valence-electron chi connectivity index (χ2n) is 3.15. The van der Waals surface area contributed by atoms with Gasteiger partial charge in [-0.25, -0.2) is 0 Å². The lowest BCUT2D eigenvalue weighted by atomic mass is 10.4. The first-order chi connectivity index (χ1) is 8.70. The highest BCUT2D eigenvalue weighted by Gasteiger charge is 2.15. The van der Waals surface area contributed by atoms with E-state index in [4.69, 9.17) is 9.15 Å². The average Bonchev–Trinajstić information content (AvgIpc) is 2.95.